The Bertz CT molecular complexity index is 171. The van der Waals surface area contributed by atoms with E-state index in [1.807, 2.05) is 6.92 Å². The summed E-state index contributed by atoms with van der Waals surface area (Å²) in [6.07, 6.45) is 0.667. The first kappa shape index (κ1) is 11.0. The molecule has 1 saturated carbocycles. The Kier molecular flexibility index (Phi) is 2.75. The van der Waals surface area contributed by atoms with Gasteiger partial charge in [-0.1, -0.05) is 27.7 Å². The fourth-order valence-corrected chi connectivity index (χ4v) is 2.14. The minimum Gasteiger partial charge on any atom is -0.393 e. The Morgan fingerprint density at radius 1 is 1.23 bits per heavy atom. The van der Waals surface area contributed by atoms with Crippen LogP contribution in [0.25, 0.3) is 0 Å². The molecule has 1 atom stereocenters. The van der Waals surface area contributed by atoms with Crippen LogP contribution in [-0.2, 0) is 0 Å². The molecule has 0 spiro atoms. The third kappa shape index (κ3) is 1.89. The van der Waals surface area contributed by atoms with Crippen molar-refractivity contribution in [2.24, 2.45) is 10.8 Å². The fourth-order valence-electron chi connectivity index (χ4n) is 2.14. The number of rotatable bonds is 4. The van der Waals surface area contributed by atoms with Crippen LogP contribution in [0.2, 0.25) is 0 Å². The maximum Gasteiger partial charge on any atom is 0.0524 e. The molecule has 2 N–H and O–H groups in total. The van der Waals surface area contributed by atoms with E-state index in [2.05, 4.69) is 33.0 Å². The van der Waals surface area contributed by atoms with E-state index in [1.165, 1.54) is 0 Å². The summed E-state index contributed by atoms with van der Waals surface area (Å²) in [4.78, 5) is 0. The zero-order valence-corrected chi connectivity index (χ0v) is 9.52. The van der Waals surface area contributed by atoms with Crippen molar-refractivity contribution in [1.82, 2.24) is 5.32 Å². The van der Waals surface area contributed by atoms with Crippen molar-refractivity contribution in [2.45, 2.75) is 53.2 Å². The standard InChI is InChI=1S/C11H23NO/c1-8(13)6-7-12-9-10(2,3)11(9,4)5/h8-9,12-13H,6-7H2,1-5H3. The lowest BCUT2D eigenvalue weighted by Crippen LogP contribution is -2.25. The van der Waals surface area contributed by atoms with Gasteiger partial charge >= 0.3 is 0 Å². The summed E-state index contributed by atoms with van der Waals surface area (Å²) < 4.78 is 0. The Labute approximate surface area is 81.7 Å². The molecule has 0 amide bonds. The van der Waals surface area contributed by atoms with Crippen molar-refractivity contribution in [1.29, 1.82) is 0 Å². The molecule has 0 aromatic carbocycles. The molecule has 1 fully saturated rings. The van der Waals surface area contributed by atoms with Gasteiger partial charge < -0.3 is 10.4 Å². The van der Waals surface area contributed by atoms with Crippen LogP contribution in [0.1, 0.15) is 41.0 Å². The predicted molar refractivity (Wildman–Crippen MR) is 55.7 cm³/mol. The van der Waals surface area contributed by atoms with Crippen molar-refractivity contribution in [2.75, 3.05) is 6.54 Å². The Morgan fingerprint density at radius 2 is 1.69 bits per heavy atom. The predicted octanol–water partition coefficient (Wildman–Crippen LogP) is 1.78. The maximum atomic E-state index is 9.11. The molecule has 2 nitrogen and oxygen atoms in total. The molecule has 0 bridgehead atoms. The van der Waals surface area contributed by atoms with Gasteiger partial charge in [0.25, 0.3) is 0 Å². The van der Waals surface area contributed by atoms with Gasteiger partial charge in [-0.2, -0.15) is 0 Å². The molecule has 1 aliphatic carbocycles. The zero-order valence-electron chi connectivity index (χ0n) is 9.52. The van der Waals surface area contributed by atoms with Gasteiger partial charge in [0.2, 0.25) is 0 Å². The van der Waals surface area contributed by atoms with Crippen molar-refractivity contribution in [3.8, 4) is 0 Å². The maximum absolute atomic E-state index is 9.11. The lowest BCUT2D eigenvalue weighted by Gasteiger charge is -2.07. The van der Waals surface area contributed by atoms with Gasteiger partial charge in [0.1, 0.15) is 0 Å². The SMILES string of the molecule is CC(O)CCNC1C(C)(C)C1(C)C. The highest BCUT2D eigenvalue weighted by Crippen LogP contribution is 2.62. The highest BCUT2D eigenvalue weighted by Gasteiger charge is 2.64. The smallest absolute Gasteiger partial charge is 0.0524 e. The van der Waals surface area contributed by atoms with E-state index in [0.717, 1.165) is 13.0 Å². The summed E-state index contributed by atoms with van der Waals surface area (Å²) >= 11 is 0. The quantitative estimate of drug-likeness (QED) is 0.700. The highest BCUT2D eigenvalue weighted by atomic mass is 16.3. The van der Waals surface area contributed by atoms with Gasteiger partial charge in [-0.25, -0.2) is 0 Å². The number of hydrogen-bond donors (Lipinski definition) is 2. The second-order valence-electron chi connectivity index (χ2n) is 5.47. The molecular formula is C11H23NO. The summed E-state index contributed by atoms with van der Waals surface area (Å²) in [6, 6.07) is 0.610. The van der Waals surface area contributed by atoms with E-state index in [4.69, 9.17) is 5.11 Å². The van der Waals surface area contributed by atoms with E-state index in [9.17, 15) is 0 Å². The van der Waals surface area contributed by atoms with Crippen molar-refractivity contribution in [3.63, 3.8) is 0 Å². The van der Waals surface area contributed by atoms with Gasteiger partial charge in [-0.3, -0.25) is 0 Å². The van der Waals surface area contributed by atoms with Gasteiger partial charge in [0, 0.05) is 6.04 Å². The first-order valence-electron chi connectivity index (χ1n) is 5.21. The first-order chi connectivity index (χ1) is 5.80. The van der Waals surface area contributed by atoms with Crippen molar-refractivity contribution >= 4 is 0 Å². The molecule has 0 heterocycles. The molecule has 0 saturated heterocycles. The Morgan fingerprint density at radius 3 is 2.00 bits per heavy atom. The average molecular weight is 185 g/mol. The molecular weight excluding hydrogens is 162 g/mol. The van der Waals surface area contributed by atoms with Gasteiger partial charge in [-0.05, 0) is 30.7 Å². The van der Waals surface area contributed by atoms with Crippen molar-refractivity contribution < 1.29 is 5.11 Å². The monoisotopic (exact) mass is 185 g/mol. The van der Waals surface area contributed by atoms with Crippen LogP contribution in [0.15, 0.2) is 0 Å². The second-order valence-corrected chi connectivity index (χ2v) is 5.47. The molecule has 0 radical (unpaired) electrons. The molecule has 1 rings (SSSR count). The summed E-state index contributed by atoms with van der Waals surface area (Å²) in [5, 5.41) is 12.6. The summed E-state index contributed by atoms with van der Waals surface area (Å²) in [6.45, 7) is 12.0. The fraction of sp³-hybridized carbons (Fsp3) is 1.00. The molecule has 2 heteroatoms. The molecule has 0 aromatic heterocycles. The third-order valence-corrected chi connectivity index (χ3v) is 3.93. The van der Waals surface area contributed by atoms with E-state index >= 15 is 0 Å². The summed E-state index contributed by atoms with van der Waals surface area (Å²) in [7, 11) is 0. The average Bonchev–Trinajstić information content (AvgIpc) is 2.30. The lowest BCUT2D eigenvalue weighted by molar-refractivity contribution is 0.183. The van der Waals surface area contributed by atoms with Crippen molar-refractivity contribution in [3.05, 3.63) is 0 Å². The second kappa shape index (κ2) is 3.25. The normalized spacial score (nSPS) is 27.2. The summed E-state index contributed by atoms with van der Waals surface area (Å²) in [5.74, 6) is 0. The van der Waals surface area contributed by atoms with Gasteiger partial charge in [0.15, 0.2) is 0 Å². The minimum absolute atomic E-state index is 0.183. The molecule has 13 heavy (non-hydrogen) atoms. The zero-order chi connectivity index (χ0) is 10.3. The van der Waals surface area contributed by atoms with Gasteiger partial charge in [0.05, 0.1) is 6.10 Å². The molecule has 0 aliphatic heterocycles. The third-order valence-electron chi connectivity index (χ3n) is 3.93. The van der Waals surface area contributed by atoms with Crippen LogP contribution >= 0.6 is 0 Å². The van der Waals surface area contributed by atoms with E-state index < -0.39 is 0 Å². The Balaban J connectivity index is 2.26. The topological polar surface area (TPSA) is 32.3 Å². The summed E-state index contributed by atoms with van der Waals surface area (Å²) in [5.41, 5.74) is 0.817. The number of nitrogens with one attached hydrogen (secondary N) is 1. The number of hydrogen-bond acceptors (Lipinski definition) is 2. The largest absolute Gasteiger partial charge is 0.393 e. The molecule has 0 aromatic rings. The van der Waals surface area contributed by atoms with Crippen LogP contribution < -0.4 is 5.32 Å². The molecule has 1 unspecified atom stereocenters. The van der Waals surface area contributed by atoms with E-state index in [1.54, 1.807) is 0 Å². The minimum atomic E-state index is -0.183. The number of aliphatic hydroxyl groups excluding tert-OH is 1. The highest BCUT2D eigenvalue weighted by molar-refractivity contribution is 5.17. The molecule has 1 aliphatic rings. The molecule has 78 valence electrons. The van der Waals surface area contributed by atoms with Crippen LogP contribution in [0.4, 0.5) is 0 Å². The first-order valence-corrected chi connectivity index (χ1v) is 5.21. The lowest BCUT2D eigenvalue weighted by atomic mass is 10.0. The van der Waals surface area contributed by atoms with Crippen LogP contribution in [0.3, 0.4) is 0 Å². The van der Waals surface area contributed by atoms with E-state index in [-0.39, 0.29) is 6.10 Å². The van der Waals surface area contributed by atoms with Crippen LogP contribution in [0.5, 0.6) is 0 Å². The van der Waals surface area contributed by atoms with Crippen LogP contribution in [0, 0.1) is 10.8 Å². The Hall–Kier alpha value is -0.0800. The van der Waals surface area contributed by atoms with Crippen LogP contribution in [-0.4, -0.2) is 23.8 Å². The number of aliphatic hydroxyl groups is 1. The van der Waals surface area contributed by atoms with E-state index in [0.29, 0.717) is 16.9 Å². The van der Waals surface area contributed by atoms with Gasteiger partial charge in [-0.15, -0.1) is 0 Å².